The third-order valence-corrected chi connectivity index (χ3v) is 3.93. The summed E-state index contributed by atoms with van der Waals surface area (Å²) in [5.74, 6) is 0.268. The fourth-order valence-corrected chi connectivity index (χ4v) is 2.58. The van der Waals surface area contributed by atoms with E-state index in [1.54, 1.807) is 6.07 Å². The summed E-state index contributed by atoms with van der Waals surface area (Å²) in [7, 11) is 0. The molecule has 0 bridgehead atoms. The van der Waals surface area contributed by atoms with Crippen molar-refractivity contribution in [3.8, 4) is 11.5 Å². The summed E-state index contributed by atoms with van der Waals surface area (Å²) in [6.07, 6.45) is 0.661. The second-order valence-corrected chi connectivity index (χ2v) is 5.69. The molecular weight excluding hydrogens is 325 g/mol. The highest BCUT2D eigenvalue weighted by molar-refractivity contribution is 5.98. The van der Waals surface area contributed by atoms with E-state index in [4.69, 9.17) is 9.47 Å². The summed E-state index contributed by atoms with van der Waals surface area (Å²) >= 11 is 0. The normalized spacial score (nSPS) is 12.0. The van der Waals surface area contributed by atoms with E-state index in [0.717, 1.165) is 11.3 Å². The first-order chi connectivity index (χ1) is 12.1. The lowest BCUT2D eigenvalue weighted by atomic mass is 10.1. The summed E-state index contributed by atoms with van der Waals surface area (Å²) in [4.78, 5) is 23.8. The van der Waals surface area contributed by atoms with Crippen molar-refractivity contribution in [3.05, 3.63) is 59.4 Å². The highest BCUT2D eigenvalue weighted by atomic mass is 19.1. The molecule has 2 aromatic rings. The number of carbonyl (C=O) groups is 2. The van der Waals surface area contributed by atoms with Crippen molar-refractivity contribution in [2.75, 3.05) is 13.3 Å². The van der Waals surface area contributed by atoms with Crippen molar-refractivity contribution in [3.63, 3.8) is 0 Å². The molecule has 0 saturated heterocycles. The molecule has 0 aromatic heterocycles. The van der Waals surface area contributed by atoms with Crippen LogP contribution in [0.5, 0.6) is 11.5 Å². The van der Waals surface area contributed by atoms with Crippen molar-refractivity contribution in [2.45, 2.75) is 19.3 Å². The standard InChI is InChI=1S/C19H18FNO4/c20-15-4-2-1-3-14(15)16(22)6-8-19(23)21-10-9-13-5-7-17-18(11-13)25-12-24-17/h1-5,7,11H,6,8-10,12H2,(H,21,23). The van der Waals surface area contributed by atoms with Gasteiger partial charge in [0.2, 0.25) is 12.7 Å². The Kier molecular flexibility index (Phi) is 5.28. The van der Waals surface area contributed by atoms with E-state index in [1.165, 1.54) is 18.2 Å². The Bertz CT molecular complexity index is 791. The van der Waals surface area contributed by atoms with Gasteiger partial charge in [0.25, 0.3) is 0 Å². The van der Waals surface area contributed by atoms with Crippen molar-refractivity contribution in [1.29, 1.82) is 0 Å². The van der Waals surface area contributed by atoms with E-state index in [2.05, 4.69) is 5.32 Å². The van der Waals surface area contributed by atoms with Crippen LogP contribution in [0.1, 0.15) is 28.8 Å². The van der Waals surface area contributed by atoms with Gasteiger partial charge in [0, 0.05) is 19.4 Å². The average molecular weight is 343 g/mol. The quantitative estimate of drug-likeness (QED) is 0.785. The third kappa shape index (κ3) is 4.35. The van der Waals surface area contributed by atoms with Gasteiger partial charge in [-0.25, -0.2) is 4.39 Å². The number of nitrogens with one attached hydrogen (secondary N) is 1. The molecule has 3 rings (SSSR count). The zero-order valence-corrected chi connectivity index (χ0v) is 13.6. The number of hydrogen-bond acceptors (Lipinski definition) is 4. The van der Waals surface area contributed by atoms with Crippen molar-refractivity contribution >= 4 is 11.7 Å². The minimum atomic E-state index is -0.560. The number of halogens is 1. The van der Waals surface area contributed by atoms with Crippen LogP contribution in [0.2, 0.25) is 0 Å². The molecule has 1 N–H and O–H groups in total. The van der Waals surface area contributed by atoms with E-state index in [-0.39, 0.29) is 36.9 Å². The minimum absolute atomic E-state index is 0.0171. The number of benzene rings is 2. The van der Waals surface area contributed by atoms with Crippen LogP contribution in [0.25, 0.3) is 0 Å². The van der Waals surface area contributed by atoms with E-state index < -0.39 is 5.82 Å². The molecule has 0 saturated carbocycles. The molecule has 0 fully saturated rings. The monoisotopic (exact) mass is 343 g/mol. The smallest absolute Gasteiger partial charge is 0.231 e. The number of carbonyl (C=O) groups excluding carboxylic acids is 2. The van der Waals surface area contributed by atoms with Crippen LogP contribution in [0, 0.1) is 5.82 Å². The van der Waals surface area contributed by atoms with Crippen LogP contribution in [-0.2, 0) is 11.2 Å². The molecule has 130 valence electrons. The molecule has 5 nitrogen and oxygen atoms in total. The molecule has 0 unspecified atom stereocenters. The fourth-order valence-electron chi connectivity index (χ4n) is 2.58. The van der Waals surface area contributed by atoms with Gasteiger partial charge in [-0.05, 0) is 36.2 Å². The number of ketones is 1. The second kappa shape index (κ2) is 7.79. The Balaban J connectivity index is 1.41. The lowest BCUT2D eigenvalue weighted by Gasteiger charge is -2.06. The maximum Gasteiger partial charge on any atom is 0.231 e. The molecule has 0 radical (unpaired) electrons. The number of ether oxygens (including phenoxy) is 2. The van der Waals surface area contributed by atoms with E-state index >= 15 is 0 Å². The van der Waals surface area contributed by atoms with Gasteiger partial charge in [-0.15, -0.1) is 0 Å². The zero-order valence-electron chi connectivity index (χ0n) is 13.6. The Labute approximate surface area is 144 Å². The topological polar surface area (TPSA) is 64.6 Å². The van der Waals surface area contributed by atoms with Crippen LogP contribution < -0.4 is 14.8 Å². The van der Waals surface area contributed by atoms with Crippen molar-refractivity contribution in [2.24, 2.45) is 0 Å². The van der Waals surface area contributed by atoms with Crippen molar-refractivity contribution < 1.29 is 23.5 Å². The highest BCUT2D eigenvalue weighted by Crippen LogP contribution is 2.32. The number of hydrogen-bond donors (Lipinski definition) is 1. The summed E-state index contributed by atoms with van der Waals surface area (Å²) in [5, 5.41) is 2.76. The molecular formula is C19H18FNO4. The molecule has 2 aromatic carbocycles. The Morgan fingerprint density at radius 2 is 1.84 bits per heavy atom. The van der Waals surface area contributed by atoms with Crippen LogP contribution in [0.3, 0.4) is 0 Å². The van der Waals surface area contributed by atoms with Gasteiger partial charge in [-0.2, -0.15) is 0 Å². The predicted molar refractivity (Wildman–Crippen MR) is 89.2 cm³/mol. The van der Waals surface area contributed by atoms with Crippen LogP contribution in [-0.4, -0.2) is 25.0 Å². The Morgan fingerprint density at radius 1 is 1.04 bits per heavy atom. The molecule has 1 heterocycles. The largest absolute Gasteiger partial charge is 0.454 e. The Morgan fingerprint density at radius 3 is 2.68 bits per heavy atom. The van der Waals surface area contributed by atoms with E-state index in [9.17, 15) is 14.0 Å². The van der Waals surface area contributed by atoms with E-state index in [1.807, 2.05) is 18.2 Å². The number of Topliss-reactive ketones (excluding diaryl/α,β-unsaturated/α-hetero) is 1. The molecule has 1 amide bonds. The van der Waals surface area contributed by atoms with Gasteiger partial charge < -0.3 is 14.8 Å². The molecule has 1 aliphatic rings. The maximum absolute atomic E-state index is 13.5. The summed E-state index contributed by atoms with van der Waals surface area (Å²) < 4.78 is 24.1. The summed E-state index contributed by atoms with van der Waals surface area (Å²) in [6, 6.07) is 11.4. The Hall–Kier alpha value is -2.89. The van der Waals surface area contributed by atoms with Gasteiger partial charge >= 0.3 is 0 Å². The third-order valence-electron chi connectivity index (χ3n) is 3.93. The predicted octanol–water partition coefficient (Wildman–Crippen LogP) is 2.88. The molecule has 25 heavy (non-hydrogen) atoms. The van der Waals surface area contributed by atoms with Gasteiger partial charge in [-0.3, -0.25) is 9.59 Å². The molecule has 0 atom stereocenters. The van der Waals surface area contributed by atoms with Gasteiger partial charge in [-0.1, -0.05) is 18.2 Å². The highest BCUT2D eigenvalue weighted by Gasteiger charge is 2.14. The zero-order chi connectivity index (χ0) is 17.6. The number of amides is 1. The number of rotatable bonds is 7. The minimum Gasteiger partial charge on any atom is -0.454 e. The molecule has 0 aliphatic carbocycles. The molecule has 6 heteroatoms. The lowest BCUT2D eigenvalue weighted by molar-refractivity contribution is -0.121. The second-order valence-electron chi connectivity index (χ2n) is 5.69. The van der Waals surface area contributed by atoms with Gasteiger partial charge in [0.1, 0.15) is 5.82 Å². The van der Waals surface area contributed by atoms with Crippen molar-refractivity contribution in [1.82, 2.24) is 5.32 Å². The lowest BCUT2D eigenvalue weighted by Crippen LogP contribution is -2.26. The van der Waals surface area contributed by atoms with Crippen LogP contribution >= 0.6 is 0 Å². The van der Waals surface area contributed by atoms with E-state index in [0.29, 0.717) is 18.7 Å². The number of fused-ring (bicyclic) bond motifs is 1. The first kappa shape index (κ1) is 17.0. The SMILES string of the molecule is O=C(CCC(=O)c1ccccc1F)NCCc1ccc2c(c1)OCO2. The van der Waals surface area contributed by atoms with Gasteiger partial charge in [0.05, 0.1) is 5.56 Å². The van der Waals surface area contributed by atoms with Crippen LogP contribution in [0.4, 0.5) is 4.39 Å². The van der Waals surface area contributed by atoms with Crippen LogP contribution in [0.15, 0.2) is 42.5 Å². The fraction of sp³-hybridized carbons (Fsp3) is 0.263. The maximum atomic E-state index is 13.5. The average Bonchev–Trinajstić information content (AvgIpc) is 3.08. The first-order valence-corrected chi connectivity index (χ1v) is 8.06. The molecule has 1 aliphatic heterocycles. The van der Waals surface area contributed by atoms with Gasteiger partial charge in [0.15, 0.2) is 17.3 Å². The summed E-state index contributed by atoms with van der Waals surface area (Å²) in [5.41, 5.74) is 1.04. The summed E-state index contributed by atoms with van der Waals surface area (Å²) in [6.45, 7) is 0.678. The molecule has 0 spiro atoms. The first-order valence-electron chi connectivity index (χ1n) is 8.06.